The molecule has 0 aliphatic carbocycles. The summed E-state index contributed by atoms with van der Waals surface area (Å²) >= 11 is 0. The zero-order valence-corrected chi connectivity index (χ0v) is 19.4. The van der Waals surface area contributed by atoms with Crippen molar-refractivity contribution in [1.82, 2.24) is 26.6 Å². The van der Waals surface area contributed by atoms with Gasteiger partial charge in [-0.05, 0) is 31.1 Å². The number of carbonyl (C=O) groups is 3. The van der Waals surface area contributed by atoms with Crippen molar-refractivity contribution in [3.05, 3.63) is 48.2 Å². The largest absolute Gasteiger partial charge is 0.478 e. The fraction of sp³-hybridized carbons (Fsp3) is 0.478. The molecule has 3 atom stereocenters. The minimum absolute atomic E-state index is 0.0212. The van der Waals surface area contributed by atoms with Crippen LogP contribution in [0.2, 0.25) is 0 Å². The highest BCUT2D eigenvalue weighted by Crippen LogP contribution is 2.16. The first kappa shape index (κ1) is 26.0. The summed E-state index contributed by atoms with van der Waals surface area (Å²) in [6.45, 7) is 1.43. The molecule has 6 N–H and O–H groups in total. The second kappa shape index (κ2) is 13.3. The average Bonchev–Trinajstić information content (AvgIpc) is 3.41. The minimum Gasteiger partial charge on any atom is -0.478 e. The van der Waals surface area contributed by atoms with Gasteiger partial charge in [-0.25, -0.2) is 9.59 Å². The number of unbranched alkanes of at least 4 members (excludes halogenated alkanes) is 2. The fourth-order valence-electron chi connectivity index (χ4n) is 3.59. The number of rotatable bonds is 13. The highest BCUT2D eigenvalue weighted by Gasteiger charge is 2.43. The van der Waals surface area contributed by atoms with Crippen molar-refractivity contribution in [1.29, 1.82) is 0 Å². The van der Waals surface area contributed by atoms with E-state index in [-0.39, 0.29) is 25.7 Å². The number of carboxylic acid groups (broad SMARTS) is 1. The first-order valence-electron chi connectivity index (χ1n) is 11.6. The third kappa shape index (κ3) is 8.26. The Morgan fingerprint density at radius 3 is 2.69 bits per heavy atom. The SMILES string of the molecule is O=C(NC(CCCCCNC1NC=CCN1)(NC(=O)C1CC=NO1)C(=O)O)OCc1ccccc1. The summed E-state index contributed by atoms with van der Waals surface area (Å²) in [5.74, 6) is -2.08. The van der Waals surface area contributed by atoms with Gasteiger partial charge in [0.1, 0.15) is 12.9 Å². The molecule has 3 unspecified atom stereocenters. The molecule has 2 aliphatic rings. The van der Waals surface area contributed by atoms with Gasteiger partial charge in [0, 0.05) is 25.6 Å². The van der Waals surface area contributed by atoms with Crippen LogP contribution in [0.3, 0.4) is 0 Å². The number of carbonyl (C=O) groups excluding carboxylic acids is 2. The Kier molecular flexibility index (Phi) is 9.87. The molecule has 0 spiro atoms. The molecule has 0 radical (unpaired) electrons. The molecule has 2 heterocycles. The number of oxime groups is 1. The van der Waals surface area contributed by atoms with Gasteiger partial charge in [-0.15, -0.1) is 0 Å². The van der Waals surface area contributed by atoms with Crippen molar-refractivity contribution >= 4 is 24.2 Å². The number of hydrogen-bond acceptors (Lipinski definition) is 9. The van der Waals surface area contributed by atoms with Crippen LogP contribution < -0.4 is 26.6 Å². The van der Waals surface area contributed by atoms with Crippen LogP contribution in [-0.2, 0) is 25.8 Å². The summed E-state index contributed by atoms with van der Waals surface area (Å²) < 4.78 is 5.20. The van der Waals surface area contributed by atoms with Gasteiger partial charge in [-0.3, -0.25) is 20.7 Å². The van der Waals surface area contributed by atoms with Crippen molar-refractivity contribution in [2.45, 2.75) is 56.8 Å². The fourth-order valence-corrected chi connectivity index (χ4v) is 3.59. The molecule has 2 amide bonds. The summed E-state index contributed by atoms with van der Waals surface area (Å²) in [6.07, 6.45) is 5.39. The summed E-state index contributed by atoms with van der Waals surface area (Å²) in [5.41, 5.74) is -1.31. The van der Waals surface area contributed by atoms with Gasteiger partial charge in [0.2, 0.25) is 11.8 Å². The number of alkyl carbamates (subject to hydrolysis) is 1. The zero-order chi connectivity index (χ0) is 24.9. The Morgan fingerprint density at radius 1 is 1.17 bits per heavy atom. The van der Waals surface area contributed by atoms with Crippen LogP contribution in [0.15, 0.2) is 47.8 Å². The highest BCUT2D eigenvalue weighted by atomic mass is 16.6. The van der Waals surface area contributed by atoms with Crippen molar-refractivity contribution in [3.8, 4) is 0 Å². The standard InChI is InChI=1S/C23H32N6O6/c30-19(18-10-15-27-35-18)28-23(20(31)32,29-22(33)34-16-17-8-3-1-4-9-17)11-5-2-6-12-24-21-25-13-7-14-26-21/h1,3-4,7-9,13,15,18,21,24-26H,2,5-6,10-12,14,16H2,(H,28,30)(H,29,33)(H,31,32). The van der Waals surface area contributed by atoms with Crippen LogP contribution in [0.25, 0.3) is 0 Å². The van der Waals surface area contributed by atoms with Crippen molar-refractivity contribution in [2.24, 2.45) is 5.16 Å². The first-order chi connectivity index (χ1) is 17.0. The molecule has 0 aromatic heterocycles. The molecule has 0 saturated heterocycles. The first-order valence-corrected chi connectivity index (χ1v) is 11.6. The molecule has 0 saturated carbocycles. The van der Waals surface area contributed by atoms with E-state index in [1.165, 1.54) is 6.21 Å². The van der Waals surface area contributed by atoms with Gasteiger partial charge in [0.25, 0.3) is 5.91 Å². The molecule has 190 valence electrons. The Bertz CT molecular complexity index is 903. The van der Waals surface area contributed by atoms with E-state index >= 15 is 0 Å². The minimum atomic E-state index is -2.05. The van der Waals surface area contributed by atoms with Crippen LogP contribution in [0.5, 0.6) is 0 Å². The van der Waals surface area contributed by atoms with E-state index in [1.807, 2.05) is 18.3 Å². The summed E-state index contributed by atoms with van der Waals surface area (Å²) in [4.78, 5) is 42.4. The Labute approximate surface area is 203 Å². The summed E-state index contributed by atoms with van der Waals surface area (Å²) in [7, 11) is 0. The smallest absolute Gasteiger partial charge is 0.409 e. The quantitative estimate of drug-likeness (QED) is 0.174. The van der Waals surface area contributed by atoms with Crippen molar-refractivity contribution in [2.75, 3.05) is 13.1 Å². The molecular formula is C23H32N6O6. The van der Waals surface area contributed by atoms with Crippen molar-refractivity contribution < 1.29 is 29.1 Å². The normalized spacial score (nSPS) is 20.2. The lowest BCUT2D eigenvalue weighted by Crippen LogP contribution is -2.66. The Morgan fingerprint density at radius 2 is 2.00 bits per heavy atom. The van der Waals surface area contributed by atoms with E-state index < -0.39 is 29.7 Å². The van der Waals surface area contributed by atoms with E-state index in [0.29, 0.717) is 19.4 Å². The maximum Gasteiger partial charge on any atom is 0.409 e. The van der Waals surface area contributed by atoms with Crippen molar-refractivity contribution in [3.63, 3.8) is 0 Å². The number of aliphatic carboxylic acids is 1. The lowest BCUT2D eigenvalue weighted by molar-refractivity contribution is -0.151. The molecular weight excluding hydrogens is 456 g/mol. The predicted molar refractivity (Wildman–Crippen MR) is 127 cm³/mol. The lowest BCUT2D eigenvalue weighted by atomic mass is 10.0. The van der Waals surface area contributed by atoms with E-state index in [4.69, 9.17) is 9.57 Å². The molecule has 3 rings (SSSR count). The predicted octanol–water partition coefficient (Wildman–Crippen LogP) is 0.725. The lowest BCUT2D eigenvalue weighted by Gasteiger charge is -2.31. The van der Waals surface area contributed by atoms with Crippen LogP contribution in [0, 0.1) is 0 Å². The molecule has 12 nitrogen and oxygen atoms in total. The van der Waals surface area contributed by atoms with E-state index in [9.17, 15) is 19.5 Å². The number of amides is 2. The van der Waals surface area contributed by atoms with Crippen LogP contribution in [0.1, 0.15) is 37.7 Å². The van der Waals surface area contributed by atoms with Crippen LogP contribution in [0.4, 0.5) is 4.79 Å². The number of ether oxygens (including phenoxy) is 1. The van der Waals surface area contributed by atoms with Gasteiger partial charge in [-0.2, -0.15) is 0 Å². The van der Waals surface area contributed by atoms with Crippen LogP contribution >= 0.6 is 0 Å². The zero-order valence-electron chi connectivity index (χ0n) is 19.4. The second-order valence-corrected chi connectivity index (χ2v) is 8.18. The third-order valence-corrected chi connectivity index (χ3v) is 5.50. The molecule has 0 bridgehead atoms. The second-order valence-electron chi connectivity index (χ2n) is 8.18. The van der Waals surface area contributed by atoms with Gasteiger partial charge in [-0.1, -0.05) is 48.0 Å². The molecule has 1 aromatic carbocycles. The van der Waals surface area contributed by atoms with Crippen LogP contribution in [-0.4, -0.2) is 60.4 Å². The number of carboxylic acids is 1. The van der Waals surface area contributed by atoms with Gasteiger partial charge < -0.3 is 25.3 Å². The highest BCUT2D eigenvalue weighted by molar-refractivity contribution is 5.92. The number of benzene rings is 1. The number of hydrogen-bond donors (Lipinski definition) is 6. The maximum atomic E-state index is 12.6. The maximum absolute atomic E-state index is 12.6. The molecule has 12 heteroatoms. The van der Waals surface area contributed by atoms with E-state index in [2.05, 4.69) is 31.7 Å². The monoisotopic (exact) mass is 488 g/mol. The summed E-state index contributed by atoms with van der Waals surface area (Å²) in [5, 5.41) is 28.0. The van der Waals surface area contributed by atoms with Gasteiger partial charge in [0.15, 0.2) is 0 Å². The average molecular weight is 489 g/mol. The van der Waals surface area contributed by atoms with Gasteiger partial charge >= 0.3 is 12.1 Å². The third-order valence-electron chi connectivity index (χ3n) is 5.50. The van der Waals surface area contributed by atoms with E-state index in [1.54, 1.807) is 24.3 Å². The molecule has 2 aliphatic heterocycles. The van der Waals surface area contributed by atoms with Gasteiger partial charge in [0.05, 0.1) is 0 Å². The topological polar surface area (TPSA) is 162 Å². The Balaban J connectivity index is 1.55. The Hall–Kier alpha value is -3.64. The molecule has 0 fully saturated rings. The molecule has 35 heavy (non-hydrogen) atoms. The summed E-state index contributed by atoms with van der Waals surface area (Å²) in [6, 6.07) is 8.99. The number of nitrogens with one attached hydrogen (secondary N) is 5. The van der Waals surface area contributed by atoms with E-state index in [0.717, 1.165) is 18.5 Å². The number of nitrogens with zero attached hydrogens (tertiary/aromatic N) is 1. The molecule has 1 aromatic rings.